The van der Waals surface area contributed by atoms with Crippen molar-refractivity contribution in [1.82, 2.24) is 0 Å². The van der Waals surface area contributed by atoms with E-state index in [0.717, 1.165) is 24.2 Å². The second-order valence-electron chi connectivity index (χ2n) is 6.75. The van der Waals surface area contributed by atoms with E-state index in [0.29, 0.717) is 26.1 Å². The van der Waals surface area contributed by atoms with Crippen LogP contribution >= 0.6 is 0 Å². The minimum absolute atomic E-state index is 0.00266. The number of benzene rings is 2. The number of hydrogen-bond acceptors (Lipinski definition) is 3. The van der Waals surface area contributed by atoms with Crippen molar-refractivity contribution in [2.45, 2.75) is 32.6 Å². The van der Waals surface area contributed by atoms with Crippen LogP contribution in [0.2, 0.25) is 0 Å². The van der Waals surface area contributed by atoms with Gasteiger partial charge in [-0.15, -0.1) is 0 Å². The van der Waals surface area contributed by atoms with Gasteiger partial charge in [0.1, 0.15) is 11.4 Å². The van der Waals surface area contributed by atoms with Gasteiger partial charge in [0.05, 0.1) is 6.61 Å². The van der Waals surface area contributed by atoms with E-state index in [1.54, 1.807) is 4.90 Å². The maximum Gasteiger partial charge on any atom is 0.224 e. The van der Waals surface area contributed by atoms with Gasteiger partial charge in [0.15, 0.2) is 11.6 Å². The summed E-state index contributed by atoms with van der Waals surface area (Å²) >= 11 is 0. The number of carbonyl (C=O) groups is 1. The Morgan fingerprint density at radius 1 is 1.15 bits per heavy atom. The van der Waals surface area contributed by atoms with E-state index in [9.17, 15) is 13.6 Å². The molecule has 0 spiro atoms. The monoisotopic (exact) mass is 374 g/mol. The maximum absolute atomic E-state index is 14.3. The fraction of sp³-hybridized carbons (Fsp3) is 0.381. The second-order valence-corrected chi connectivity index (χ2v) is 6.75. The smallest absolute Gasteiger partial charge is 0.224 e. The topological polar surface area (TPSA) is 41.6 Å². The Bertz CT molecular complexity index is 782. The summed E-state index contributed by atoms with van der Waals surface area (Å²) < 4.78 is 34.2. The average Bonchev–Trinajstić information content (AvgIpc) is 3.13. The van der Waals surface area contributed by atoms with Crippen molar-refractivity contribution in [1.29, 1.82) is 0 Å². The van der Waals surface area contributed by atoms with E-state index in [4.69, 9.17) is 4.74 Å². The molecule has 27 heavy (non-hydrogen) atoms. The van der Waals surface area contributed by atoms with Crippen molar-refractivity contribution in [3.63, 3.8) is 0 Å². The van der Waals surface area contributed by atoms with Crippen molar-refractivity contribution in [2.24, 2.45) is 0 Å². The molecule has 3 rings (SSSR count). The minimum atomic E-state index is -0.643. The lowest BCUT2D eigenvalue weighted by Crippen LogP contribution is -2.21. The van der Waals surface area contributed by atoms with Crippen LogP contribution in [0.1, 0.15) is 31.2 Å². The van der Waals surface area contributed by atoms with Gasteiger partial charge in [-0.05, 0) is 49.9 Å². The number of nitrogens with one attached hydrogen (secondary N) is 1. The SMILES string of the molecule is Cc1ccccc1OCCCC(=O)Nc1cc(F)c(N2CCCC2)c(F)c1. The van der Waals surface area contributed by atoms with Gasteiger partial charge in [-0.2, -0.15) is 0 Å². The number of hydrogen-bond donors (Lipinski definition) is 1. The Hall–Kier alpha value is -2.63. The van der Waals surface area contributed by atoms with Crippen LogP contribution in [-0.4, -0.2) is 25.6 Å². The first-order valence-corrected chi connectivity index (χ1v) is 9.27. The average molecular weight is 374 g/mol. The standard InChI is InChI=1S/C21H24F2N2O2/c1-15-7-2-3-8-19(15)27-12-6-9-20(26)24-16-13-17(22)21(18(23)14-16)25-10-4-5-11-25/h2-3,7-8,13-14H,4-6,9-12H2,1H3,(H,24,26). The first-order valence-electron chi connectivity index (χ1n) is 9.27. The highest BCUT2D eigenvalue weighted by Gasteiger charge is 2.21. The van der Waals surface area contributed by atoms with Crippen LogP contribution < -0.4 is 15.0 Å². The van der Waals surface area contributed by atoms with Crippen LogP contribution in [0.4, 0.5) is 20.2 Å². The Labute approximate surface area is 158 Å². The van der Waals surface area contributed by atoms with E-state index >= 15 is 0 Å². The van der Waals surface area contributed by atoms with Crippen LogP contribution in [-0.2, 0) is 4.79 Å². The lowest BCUT2D eigenvalue weighted by molar-refractivity contribution is -0.116. The zero-order valence-corrected chi connectivity index (χ0v) is 15.4. The normalized spacial score (nSPS) is 13.7. The number of rotatable bonds is 7. The molecule has 2 aromatic carbocycles. The molecule has 1 amide bonds. The molecule has 6 heteroatoms. The molecule has 2 aromatic rings. The molecular weight excluding hydrogens is 350 g/mol. The summed E-state index contributed by atoms with van der Waals surface area (Å²) in [7, 11) is 0. The van der Waals surface area contributed by atoms with Crippen LogP contribution in [0.15, 0.2) is 36.4 Å². The molecule has 0 radical (unpaired) electrons. The number of ether oxygens (including phenoxy) is 1. The number of amides is 1. The predicted molar refractivity (Wildman–Crippen MR) is 102 cm³/mol. The molecule has 4 nitrogen and oxygen atoms in total. The summed E-state index contributed by atoms with van der Waals surface area (Å²) in [5.41, 5.74) is 1.17. The third kappa shape index (κ3) is 4.96. The summed E-state index contributed by atoms with van der Waals surface area (Å²) in [5, 5.41) is 2.56. The number of halogens is 2. The molecule has 0 atom stereocenters. The van der Waals surface area contributed by atoms with Crippen molar-refractivity contribution < 1.29 is 18.3 Å². The van der Waals surface area contributed by atoms with Crippen molar-refractivity contribution in [3.05, 3.63) is 53.6 Å². The van der Waals surface area contributed by atoms with Gasteiger partial charge < -0.3 is 15.0 Å². The molecule has 0 aromatic heterocycles. The predicted octanol–water partition coefficient (Wildman–Crippen LogP) is 4.67. The molecule has 1 aliphatic rings. The Kier molecular flexibility index (Phi) is 6.27. The Morgan fingerprint density at radius 3 is 2.48 bits per heavy atom. The summed E-state index contributed by atoms with van der Waals surface area (Å²) in [5.74, 6) is -0.791. The lowest BCUT2D eigenvalue weighted by Gasteiger charge is -2.19. The number of nitrogens with zero attached hydrogens (tertiary/aromatic N) is 1. The molecule has 1 fully saturated rings. The quantitative estimate of drug-likeness (QED) is 0.716. The molecule has 0 aliphatic carbocycles. The summed E-state index contributed by atoms with van der Waals surface area (Å²) in [6, 6.07) is 10.0. The Morgan fingerprint density at radius 2 is 1.81 bits per heavy atom. The van der Waals surface area contributed by atoms with Gasteiger partial charge in [-0.3, -0.25) is 4.79 Å². The van der Waals surface area contributed by atoms with Crippen LogP contribution in [0, 0.1) is 18.6 Å². The fourth-order valence-corrected chi connectivity index (χ4v) is 3.24. The number of para-hydroxylation sites is 1. The molecule has 1 N–H and O–H groups in total. The van der Waals surface area contributed by atoms with Crippen molar-refractivity contribution in [3.8, 4) is 5.75 Å². The van der Waals surface area contributed by atoms with Crippen molar-refractivity contribution >= 4 is 17.3 Å². The summed E-state index contributed by atoms with van der Waals surface area (Å²) in [6.45, 7) is 3.66. The Balaban J connectivity index is 1.50. The van der Waals surface area contributed by atoms with Crippen molar-refractivity contribution in [2.75, 3.05) is 29.9 Å². The first-order chi connectivity index (χ1) is 13.0. The van der Waals surface area contributed by atoms with Gasteiger partial charge in [0.25, 0.3) is 0 Å². The van der Waals surface area contributed by atoms with Crippen LogP contribution in [0.3, 0.4) is 0 Å². The first kappa shape index (κ1) is 19.1. The maximum atomic E-state index is 14.3. The van der Waals surface area contributed by atoms with Gasteiger partial charge in [0, 0.05) is 25.2 Å². The molecule has 1 saturated heterocycles. The molecule has 0 bridgehead atoms. The van der Waals surface area contributed by atoms with Gasteiger partial charge in [-0.25, -0.2) is 8.78 Å². The second kappa shape index (κ2) is 8.84. The van der Waals surface area contributed by atoms with Crippen LogP contribution in [0.5, 0.6) is 5.75 Å². The van der Waals surface area contributed by atoms with E-state index in [-0.39, 0.29) is 23.7 Å². The highest BCUT2D eigenvalue weighted by atomic mass is 19.1. The van der Waals surface area contributed by atoms with Gasteiger partial charge in [-0.1, -0.05) is 18.2 Å². The molecule has 0 saturated carbocycles. The molecule has 144 valence electrons. The largest absolute Gasteiger partial charge is 0.493 e. The number of anilines is 2. The van der Waals surface area contributed by atoms with E-state index in [1.807, 2.05) is 31.2 Å². The minimum Gasteiger partial charge on any atom is -0.493 e. The summed E-state index contributed by atoms with van der Waals surface area (Å²) in [4.78, 5) is 13.7. The molecule has 1 aliphatic heterocycles. The molecule has 1 heterocycles. The van der Waals surface area contributed by atoms with E-state index < -0.39 is 11.6 Å². The van der Waals surface area contributed by atoms with E-state index in [2.05, 4.69) is 5.32 Å². The van der Waals surface area contributed by atoms with E-state index in [1.165, 1.54) is 12.1 Å². The van der Waals surface area contributed by atoms with Crippen LogP contribution in [0.25, 0.3) is 0 Å². The molecule has 0 unspecified atom stereocenters. The highest BCUT2D eigenvalue weighted by Crippen LogP contribution is 2.29. The third-order valence-corrected chi connectivity index (χ3v) is 4.62. The zero-order valence-electron chi connectivity index (χ0n) is 15.4. The number of aryl methyl sites for hydroxylation is 1. The third-order valence-electron chi connectivity index (χ3n) is 4.62. The number of carbonyl (C=O) groups excluding carboxylic acids is 1. The zero-order chi connectivity index (χ0) is 19.2. The molecular formula is C21H24F2N2O2. The summed E-state index contributed by atoms with van der Waals surface area (Å²) in [6.07, 6.45) is 2.59. The fourth-order valence-electron chi connectivity index (χ4n) is 3.24. The highest BCUT2D eigenvalue weighted by molar-refractivity contribution is 5.90. The van der Waals surface area contributed by atoms with Gasteiger partial charge in [0.2, 0.25) is 5.91 Å². The van der Waals surface area contributed by atoms with Gasteiger partial charge >= 0.3 is 0 Å². The lowest BCUT2D eigenvalue weighted by atomic mass is 10.2.